The summed E-state index contributed by atoms with van der Waals surface area (Å²) < 4.78 is 0. The van der Waals surface area contributed by atoms with Crippen LogP contribution in [0, 0.1) is 0 Å². The van der Waals surface area contributed by atoms with Crippen molar-refractivity contribution in [3.8, 4) is 0 Å². The molecule has 1 heterocycles. The molecule has 0 bridgehead atoms. The first-order valence-electron chi connectivity index (χ1n) is 3.86. The molecule has 0 saturated carbocycles. The number of carbonyl (C=O) groups is 1. The monoisotopic (exact) mass is 194 g/mol. The second kappa shape index (κ2) is 3.18. The summed E-state index contributed by atoms with van der Waals surface area (Å²) in [6.45, 7) is 0. The quantitative estimate of drug-likeness (QED) is 0.688. The molecule has 0 fully saturated rings. The Morgan fingerprint density at radius 2 is 2.23 bits per heavy atom. The minimum Gasteiger partial charge on any atom is -0.301 e. The van der Waals surface area contributed by atoms with Crippen molar-refractivity contribution in [3.05, 3.63) is 35.4 Å². The van der Waals surface area contributed by atoms with Gasteiger partial charge in [-0.1, -0.05) is 35.9 Å². The summed E-state index contributed by atoms with van der Waals surface area (Å²) in [5.74, 6) is 0. The summed E-state index contributed by atoms with van der Waals surface area (Å²) in [6.07, 6.45) is 0.811. The number of nitrogens with zero attached hydrogens (tertiary/aromatic N) is 1. The number of hydrogen-bond acceptors (Lipinski definition) is 3. The number of benzene rings is 1. The maximum absolute atomic E-state index is 10.7. The summed E-state index contributed by atoms with van der Waals surface area (Å²) in [5.41, 5.74) is 4.35. The highest BCUT2D eigenvalue weighted by molar-refractivity contribution is 6.69. The van der Waals surface area contributed by atoms with E-state index in [1.807, 2.05) is 24.3 Å². The first-order chi connectivity index (χ1) is 6.33. The Bertz CT molecular complexity index is 376. The van der Waals surface area contributed by atoms with Crippen molar-refractivity contribution in [3.63, 3.8) is 0 Å². The van der Waals surface area contributed by atoms with Crippen molar-refractivity contribution >= 4 is 23.1 Å². The van der Waals surface area contributed by atoms with E-state index in [2.05, 4.69) is 10.5 Å². The molecule has 2 rings (SSSR count). The number of rotatable bonds is 1. The van der Waals surface area contributed by atoms with Gasteiger partial charge in [0.05, 0.1) is 0 Å². The Hall–Kier alpha value is -1.35. The lowest BCUT2D eigenvalue weighted by Crippen LogP contribution is -2.24. The lowest BCUT2D eigenvalue weighted by molar-refractivity contribution is -0.109. The third kappa shape index (κ3) is 1.31. The predicted molar refractivity (Wildman–Crippen MR) is 50.8 cm³/mol. The number of halogens is 1. The summed E-state index contributed by atoms with van der Waals surface area (Å²) >= 11 is 5.84. The van der Waals surface area contributed by atoms with Gasteiger partial charge in [0.1, 0.15) is 12.3 Å². The van der Waals surface area contributed by atoms with Crippen LogP contribution in [0.2, 0.25) is 0 Å². The highest BCUT2D eigenvalue weighted by atomic mass is 35.5. The van der Waals surface area contributed by atoms with Crippen LogP contribution in [-0.2, 0) is 4.79 Å². The second-order valence-corrected chi connectivity index (χ2v) is 3.09. The van der Waals surface area contributed by atoms with E-state index in [1.54, 1.807) is 0 Å². The van der Waals surface area contributed by atoms with Crippen molar-refractivity contribution in [2.45, 2.75) is 6.04 Å². The van der Waals surface area contributed by atoms with Gasteiger partial charge in [-0.25, -0.2) is 0 Å². The standard InChI is InChI=1S/C9H7ClN2O/c10-9-7-4-2-1-3-6(7)8(5-13)11-12-9/h1-5,8,11H. The molecule has 1 N–H and O–H groups in total. The van der Waals surface area contributed by atoms with Crippen LogP contribution in [0.25, 0.3) is 0 Å². The van der Waals surface area contributed by atoms with Gasteiger partial charge in [-0.2, -0.15) is 5.10 Å². The van der Waals surface area contributed by atoms with Crippen LogP contribution in [-0.4, -0.2) is 11.5 Å². The van der Waals surface area contributed by atoms with Gasteiger partial charge in [0.15, 0.2) is 5.17 Å². The predicted octanol–water partition coefficient (Wildman–Crippen LogP) is 1.43. The molecule has 66 valence electrons. The molecule has 1 aliphatic rings. The SMILES string of the molecule is O=CC1NN=C(Cl)c2ccccc21. The molecule has 1 atom stereocenters. The molecule has 1 aliphatic heterocycles. The molecule has 0 aromatic heterocycles. The van der Waals surface area contributed by atoms with Crippen LogP contribution in [0.15, 0.2) is 29.4 Å². The Labute approximate surface area is 80.4 Å². The number of nitrogens with one attached hydrogen (secondary N) is 1. The molecule has 1 aromatic rings. The van der Waals surface area contributed by atoms with Crippen LogP contribution < -0.4 is 5.43 Å². The van der Waals surface area contributed by atoms with Gasteiger partial charge >= 0.3 is 0 Å². The highest BCUT2D eigenvalue weighted by Crippen LogP contribution is 2.22. The van der Waals surface area contributed by atoms with Crippen molar-refractivity contribution in [1.82, 2.24) is 5.43 Å². The number of aldehydes is 1. The first kappa shape index (κ1) is 8.26. The molecule has 1 unspecified atom stereocenters. The summed E-state index contributed by atoms with van der Waals surface area (Å²) in [6, 6.07) is 7.06. The Balaban J connectivity index is 2.56. The smallest absolute Gasteiger partial charge is 0.156 e. The van der Waals surface area contributed by atoms with E-state index in [9.17, 15) is 4.79 Å². The minimum atomic E-state index is -0.376. The van der Waals surface area contributed by atoms with Crippen LogP contribution in [0.1, 0.15) is 17.2 Å². The fourth-order valence-electron chi connectivity index (χ4n) is 1.32. The Kier molecular flexibility index (Phi) is 2.02. The van der Waals surface area contributed by atoms with E-state index >= 15 is 0 Å². The third-order valence-corrected chi connectivity index (χ3v) is 2.24. The zero-order valence-corrected chi connectivity index (χ0v) is 7.45. The Morgan fingerprint density at radius 3 is 3.00 bits per heavy atom. The van der Waals surface area contributed by atoms with Crippen LogP contribution in [0.3, 0.4) is 0 Å². The normalized spacial score (nSPS) is 19.8. The molecule has 1 aromatic carbocycles. The molecule has 0 spiro atoms. The number of hydrogen-bond donors (Lipinski definition) is 1. The van der Waals surface area contributed by atoms with Gasteiger partial charge in [-0.05, 0) is 5.56 Å². The van der Waals surface area contributed by atoms with Gasteiger partial charge in [-0.15, -0.1) is 0 Å². The van der Waals surface area contributed by atoms with Crippen molar-refractivity contribution in [2.24, 2.45) is 5.10 Å². The van der Waals surface area contributed by atoms with Gasteiger partial charge in [0.25, 0.3) is 0 Å². The largest absolute Gasteiger partial charge is 0.301 e. The maximum Gasteiger partial charge on any atom is 0.156 e. The number of fused-ring (bicyclic) bond motifs is 1. The van der Waals surface area contributed by atoms with Crippen molar-refractivity contribution in [2.75, 3.05) is 0 Å². The summed E-state index contributed by atoms with van der Waals surface area (Å²) in [7, 11) is 0. The molecule has 3 nitrogen and oxygen atoms in total. The highest BCUT2D eigenvalue weighted by Gasteiger charge is 2.19. The van der Waals surface area contributed by atoms with Gasteiger partial charge in [0, 0.05) is 5.56 Å². The van der Waals surface area contributed by atoms with E-state index in [4.69, 9.17) is 11.6 Å². The average molecular weight is 195 g/mol. The van der Waals surface area contributed by atoms with Gasteiger partial charge in [-0.3, -0.25) is 5.43 Å². The van der Waals surface area contributed by atoms with Crippen molar-refractivity contribution in [1.29, 1.82) is 0 Å². The summed E-state index contributed by atoms with van der Waals surface area (Å²) in [4.78, 5) is 10.7. The van der Waals surface area contributed by atoms with Crippen LogP contribution >= 0.6 is 11.6 Å². The topological polar surface area (TPSA) is 41.5 Å². The third-order valence-electron chi connectivity index (χ3n) is 1.96. The zero-order chi connectivity index (χ0) is 9.26. The molecule has 4 heteroatoms. The van der Waals surface area contributed by atoms with E-state index in [1.165, 1.54) is 0 Å². The van der Waals surface area contributed by atoms with E-state index in [-0.39, 0.29) is 6.04 Å². The average Bonchev–Trinajstić information content (AvgIpc) is 2.19. The molecule has 0 saturated heterocycles. The second-order valence-electron chi connectivity index (χ2n) is 2.73. The van der Waals surface area contributed by atoms with Crippen molar-refractivity contribution < 1.29 is 4.79 Å². The summed E-state index contributed by atoms with van der Waals surface area (Å²) in [5, 5.41) is 4.22. The van der Waals surface area contributed by atoms with Gasteiger partial charge < -0.3 is 4.79 Å². The Morgan fingerprint density at radius 1 is 1.46 bits per heavy atom. The van der Waals surface area contributed by atoms with Crippen LogP contribution in [0.5, 0.6) is 0 Å². The molecule has 0 amide bonds. The number of carbonyl (C=O) groups excluding carboxylic acids is 1. The molecule has 0 radical (unpaired) electrons. The fraction of sp³-hybridized carbons (Fsp3) is 0.111. The first-order valence-corrected chi connectivity index (χ1v) is 4.24. The zero-order valence-electron chi connectivity index (χ0n) is 6.70. The fourth-order valence-corrected chi connectivity index (χ4v) is 1.54. The van der Waals surface area contributed by atoms with Gasteiger partial charge in [0.2, 0.25) is 0 Å². The van der Waals surface area contributed by atoms with Crippen LogP contribution in [0.4, 0.5) is 0 Å². The molecular formula is C9H7ClN2O. The minimum absolute atomic E-state index is 0.376. The molecule has 0 aliphatic carbocycles. The maximum atomic E-state index is 10.7. The lowest BCUT2D eigenvalue weighted by atomic mass is 10.0. The van der Waals surface area contributed by atoms with E-state index < -0.39 is 0 Å². The lowest BCUT2D eigenvalue weighted by Gasteiger charge is -2.19. The van der Waals surface area contributed by atoms with E-state index in [0.717, 1.165) is 17.4 Å². The van der Waals surface area contributed by atoms with E-state index in [0.29, 0.717) is 5.17 Å². The molecule has 13 heavy (non-hydrogen) atoms. The molecular weight excluding hydrogens is 188 g/mol. The number of hydrazone groups is 1.